The normalized spacial score (nSPS) is 18.8. The molecule has 1 aromatic heterocycles. The smallest absolute Gasteiger partial charge is 0.139 e. The first-order chi connectivity index (χ1) is 6.29. The van der Waals surface area contributed by atoms with Gasteiger partial charge in [-0.25, -0.2) is 0 Å². The summed E-state index contributed by atoms with van der Waals surface area (Å²) in [5, 5.41) is 9.93. The molecule has 0 saturated heterocycles. The van der Waals surface area contributed by atoms with E-state index < -0.39 is 6.10 Å². The molecule has 0 fully saturated rings. The van der Waals surface area contributed by atoms with Crippen molar-refractivity contribution in [3.63, 3.8) is 0 Å². The summed E-state index contributed by atoms with van der Waals surface area (Å²) < 4.78 is 5.25. The van der Waals surface area contributed by atoms with Crippen LogP contribution in [0.15, 0.2) is 28.4 Å². The summed E-state index contributed by atoms with van der Waals surface area (Å²) in [6, 6.07) is 1.88. The Balaban J connectivity index is 2.21. The van der Waals surface area contributed by atoms with Crippen LogP contribution in [0.3, 0.4) is 0 Å². The van der Waals surface area contributed by atoms with E-state index in [9.17, 15) is 5.11 Å². The van der Waals surface area contributed by atoms with Crippen LogP contribution in [-0.2, 0) is 0 Å². The maximum atomic E-state index is 9.93. The second kappa shape index (κ2) is 3.38. The molecule has 1 atom stereocenters. The van der Waals surface area contributed by atoms with Gasteiger partial charge in [0, 0.05) is 0 Å². The van der Waals surface area contributed by atoms with Crippen molar-refractivity contribution in [2.75, 3.05) is 0 Å². The van der Waals surface area contributed by atoms with Crippen molar-refractivity contribution < 1.29 is 9.52 Å². The Bertz CT molecular complexity index is 323. The molecular formula is C11H14O2. The summed E-state index contributed by atoms with van der Waals surface area (Å²) >= 11 is 0. The third-order valence-electron chi connectivity index (χ3n) is 2.58. The van der Waals surface area contributed by atoms with Crippen LogP contribution in [-0.4, -0.2) is 5.11 Å². The van der Waals surface area contributed by atoms with Crippen molar-refractivity contribution in [3.8, 4) is 0 Å². The van der Waals surface area contributed by atoms with Crippen LogP contribution in [0.2, 0.25) is 0 Å². The third kappa shape index (κ3) is 1.54. The van der Waals surface area contributed by atoms with Crippen LogP contribution in [0, 0.1) is 6.92 Å². The molecular weight excluding hydrogens is 164 g/mol. The van der Waals surface area contributed by atoms with Crippen LogP contribution in [0.1, 0.15) is 36.7 Å². The Morgan fingerprint density at radius 3 is 2.92 bits per heavy atom. The molecule has 0 saturated carbocycles. The highest BCUT2D eigenvalue weighted by molar-refractivity contribution is 5.26. The highest BCUT2D eigenvalue weighted by Crippen LogP contribution is 2.32. The fraction of sp³-hybridized carbons (Fsp3) is 0.455. The summed E-state index contributed by atoms with van der Waals surface area (Å²) in [7, 11) is 0. The van der Waals surface area contributed by atoms with Gasteiger partial charge in [-0.3, -0.25) is 0 Å². The van der Waals surface area contributed by atoms with Crippen molar-refractivity contribution in [1.29, 1.82) is 0 Å². The van der Waals surface area contributed by atoms with E-state index in [0.29, 0.717) is 5.76 Å². The summed E-state index contributed by atoms with van der Waals surface area (Å²) in [6.07, 6.45) is 6.48. The average Bonchev–Trinajstić information content (AvgIpc) is 2.72. The molecule has 2 heteroatoms. The van der Waals surface area contributed by atoms with Crippen molar-refractivity contribution in [2.24, 2.45) is 0 Å². The van der Waals surface area contributed by atoms with Crippen molar-refractivity contribution >= 4 is 0 Å². The first kappa shape index (κ1) is 8.57. The number of aliphatic hydroxyl groups is 1. The van der Waals surface area contributed by atoms with Gasteiger partial charge in [0.2, 0.25) is 0 Å². The summed E-state index contributed by atoms with van der Waals surface area (Å²) in [5.41, 5.74) is 2.14. The van der Waals surface area contributed by atoms with Gasteiger partial charge in [-0.15, -0.1) is 0 Å². The fourth-order valence-electron chi connectivity index (χ4n) is 1.78. The summed E-state index contributed by atoms with van der Waals surface area (Å²) in [6.45, 7) is 1.96. The number of rotatable bonds is 2. The van der Waals surface area contributed by atoms with E-state index in [-0.39, 0.29) is 0 Å². The molecule has 1 aliphatic carbocycles. The molecule has 13 heavy (non-hydrogen) atoms. The largest absolute Gasteiger partial charge is 0.466 e. The SMILES string of the molecule is Cc1ccoc1C(O)C1=CCCC1. The first-order valence-corrected chi connectivity index (χ1v) is 4.70. The lowest BCUT2D eigenvalue weighted by Crippen LogP contribution is -1.99. The molecule has 2 rings (SSSR count). The molecule has 0 spiro atoms. The van der Waals surface area contributed by atoms with Gasteiger partial charge in [-0.2, -0.15) is 0 Å². The standard InChI is InChI=1S/C11H14O2/c1-8-6-7-13-11(8)10(12)9-4-2-3-5-9/h4,6-7,10,12H,2-3,5H2,1H3. The molecule has 0 amide bonds. The van der Waals surface area contributed by atoms with Gasteiger partial charge in [0.25, 0.3) is 0 Å². The lowest BCUT2D eigenvalue weighted by molar-refractivity contribution is 0.181. The minimum absolute atomic E-state index is 0.516. The lowest BCUT2D eigenvalue weighted by atomic mass is 10.1. The van der Waals surface area contributed by atoms with E-state index in [1.165, 1.54) is 0 Å². The number of furan rings is 1. The third-order valence-corrected chi connectivity index (χ3v) is 2.58. The molecule has 1 N–H and O–H groups in total. The Hall–Kier alpha value is -1.02. The van der Waals surface area contributed by atoms with Gasteiger partial charge < -0.3 is 9.52 Å². The number of aryl methyl sites for hydroxylation is 1. The van der Waals surface area contributed by atoms with E-state index in [0.717, 1.165) is 30.4 Å². The molecule has 1 aromatic rings. The Labute approximate surface area is 77.9 Å². The second-order valence-corrected chi connectivity index (χ2v) is 3.54. The Kier molecular flexibility index (Phi) is 2.23. The van der Waals surface area contributed by atoms with Crippen LogP contribution >= 0.6 is 0 Å². The highest BCUT2D eigenvalue weighted by Gasteiger charge is 2.20. The highest BCUT2D eigenvalue weighted by atomic mass is 16.4. The van der Waals surface area contributed by atoms with E-state index in [1.807, 2.05) is 13.0 Å². The van der Waals surface area contributed by atoms with Crippen molar-refractivity contribution in [3.05, 3.63) is 35.3 Å². The van der Waals surface area contributed by atoms with E-state index in [1.54, 1.807) is 6.26 Å². The Morgan fingerprint density at radius 1 is 1.54 bits per heavy atom. The van der Waals surface area contributed by atoms with Crippen LogP contribution in [0.25, 0.3) is 0 Å². The molecule has 0 radical (unpaired) electrons. The molecule has 70 valence electrons. The van der Waals surface area contributed by atoms with Crippen LogP contribution in [0.4, 0.5) is 0 Å². The number of aliphatic hydroxyl groups excluding tert-OH is 1. The minimum atomic E-state index is -0.516. The zero-order valence-electron chi connectivity index (χ0n) is 7.79. The van der Waals surface area contributed by atoms with Gasteiger partial charge in [-0.05, 0) is 43.4 Å². The van der Waals surface area contributed by atoms with Gasteiger partial charge >= 0.3 is 0 Å². The van der Waals surface area contributed by atoms with Gasteiger partial charge in [0.1, 0.15) is 11.9 Å². The molecule has 0 aliphatic heterocycles. The monoisotopic (exact) mass is 178 g/mol. The Morgan fingerprint density at radius 2 is 2.38 bits per heavy atom. The maximum Gasteiger partial charge on any atom is 0.139 e. The lowest BCUT2D eigenvalue weighted by Gasteiger charge is -2.09. The van der Waals surface area contributed by atoms with Gasteiger partial charge in [0.05, 0.1) is 6.26 Å². The fourth-order valence-corrected chi connectivity index (χ4v) is 1.78. The number of hydrogen-bond donors (Lipinski definition) is 1. The van der Waals surface area contributed by atoms with Gasteiger partial charge in [-0.1, -0.05) is 6.08 Å². The number of allylic oxidation sites excluding steroid dienone is 1. The number of hydrogen-bond acceptors (Lipinski definition) is 2. The van der Waals surface area contributed by atoms with E-state index in [2.05, 4.69) is 6.08 Å². The average molecular weight is 178 g/mol. The van der Waals surface area contributed by atoms with Gasteiger partial charge in [0.15, 0.2) is 0 Å². The molecule has 2 nitrogen and oxygen atoms in total. The molecule has 1 aliphatic rings. The second-order valence-electron chi connectivity index (χ2n) is 3.54. The predicted molar refractivity (Wildman–Crippen MR) is 50.3 cm³/mol. The molecule has 0 aromatic carbocycles. The zero-order chi connectivity index (χ0) is 9.26. The maximum absolute atomic E-state index is 9.93. The zero-order valence-corrected chi connectivity index (χ0v) is 7.79. The van der Waals surface area contributed by atoms with Crippen molar-refractivity contribution in [2.45, 2.75) is 32.3 Å². The van der Waals surface area contributed by atoms with Crippen LogP contribution < -0.4 is 0 Å². The first-order valence-electron chi connectivity index (χ1n) is 4.70. The van der Waals surface area contributed by atoms with Crippen molar-refractivity contribution in [1.82, 2.24) is 0 Å². The molecule has 1 heterocycles. The molecule has 1 unspecified atom stereocenters. The summed E-state index contributed by atoms with van der Waals surface area (Å²) in [4.78, 5) is 0. The molecule has 0 bridgehead atoms. The minimum Gasteiger partial charge on any atom is -0.466 e. The van der Waals surface area contributed by atoms with E-state index >= 15 is 0 Å². The van der Waals surface area contributed by atoms with E-state index in [4.69, 9.17) is 4.42 Å². The summed E-state index contributed by atoms with van der Waals surface area (Å²) in [5.74, 6) is 0.702. The topological polar surface area (TPSA) is 33.4 Å². The quantitative estimate of drug-likeness (QED) is 0.706. The predicted octanol–water partition coefficient (Wildman–Crippen LogP) is 2.73. The van der Waals surface area contributed by atoms with Crippen LogP contribution in [0.5, 0.6) is 0 Å².